The van der Waals surface area contributed by atoms with Crippen LogP contribution in [0.4, 0.5) is 11.5 Å². The number of anilines is 2. The molecular weight excluding hydrogens is 338 g/mol. The molecule has 2 aromatic heterocycles. The summed E-state index contributed by atoms with van der Waals surface area (Å²) in [7, 11) is 1.54. The van der Waals surface area contributed by atoms with E-state index in [2.05, 4.69) is 41.8 Å². The first-order valence-corrected chi connectivity index (χ1v) is 8.76. The third-order valence-corrected chi connectivity index (χ3v) is 4.61. The number of phenols is 1. The minimum atomic E-state index is 0.106. The van der Waals surface area contributed by atoms with E-state index in [0.717, 1.165) is 34.1 Å². The summed E-state index contributed by atoms with van der Waals surface area (Å²) >= 11 is 0. The number of aromatic hydroxyl groups is 1. The van der Waals surface area contributed by atoms with Crippen LogP contribution in [-0.2, 0) is 0 Å². The number of hydrogen-bond acceptors (Lipinski definition) is 4. The van der Waals surface area contributed by atoms with E-state index in [0.29, 0.717) is 5.75 Å². The molecule has 4 rings (SSSR count). The average Bonchev–Trinajstić information content (AvgIpc) is 3.04. The average molecular weight is 359 g/mol. The number of nitrogens with zero attached hydrogens (tertiary/aromatic N) is 2. The quantitative estimate of drug-likeness (QED) is 0.534. The summed E-state index contributed by atoms with van der Waals surface area (Å²) in [5, 5.41) is 13.4. The lowest BCUT2D eigenvalue weighted by atomic mass is 10.1. The van der Waals surface area contributed by atoms with Gasteiger partial charge in [0.15, 0.2) is 11.5 Å². The van der Waals surface area contributed by atoms with Crippen LogP contribution in [-0.4, -0.2) is 21.6 Å². The number of rotatable bonds is 4. The highest BCUT2D eigenvalue weighted by Gasteiger charge is 2.17. The molecule has 0 spiro atoms. The van der Waals surface area contributed by atoms with E-state index >= 15 is 0 Å². The molecule has 2 N–H and O–H groups in total. The number of aromatic nitrogens is 2. The first-order chi connectivity index (χ1) is 13.1. The van der Waals surface area contributed by atoms with Crippen molar-refractivity contribution < 1.29 is 9.84 Å². The first-order valence-electron chi connectivity index (χ1n) is 8.76. The predicted octanol–water partition coefficient (Wildman–Crippen LogP) is 5.08. The molecule has 2 aromatic carbocycles. The highest BCUT2D eigenvalue weighted by Crippen LogP contribution is 2.36. The summed E-state index contributed by atoms with van der Waals surface area (Å²) in [6.07, 6.45) is 0. The second kappa shape index (κ2) is 6.68. The van der Waals surface area contributed by atoms with Gasteiger partial charge in [0, 0.05) is 16.9 Å². The fraction of sp³-hybridized carbons (Fsp3) is 0.136. The van der Waals surface area contributed by atoms with Crippen LogP contribution in [0.5, 0.6) is 11.5 Å². The summed E-state index contributed by atoms with van der Waals surface area (Å²) in [6.45, 7) is 4.12. The Morgan fingerprint density at radius 2 is 1.78 bits per heavy atom. The summed E-state index contributed by atoms with van der Waals surface area (Å²) in [4.78, 5) is 4.83. The summed E-state index contributed by atoms with van der Waals surface area (Å²) in [5.74, 6) is 1.40. The van der Waals surface area contributed by atoms with Crippen molar-refractivity contribution in [2.75, 3.05) is 12.4 Å². The number of ether oxygens (including phenoxy) is 1. The van der Waals surface area contributed by atoms with Crippen molar-refractivity contribution in [1.82, 2.24) is 9.38 Å². The molecule has 4 aromatic rings. The van der Waals surface area contributed by atoms with Crippen molar-refractivity contribution in [3.05, 3.63) is 71.9 Å². The zero-order valence-electron chi connectivity index (χ0n) is 15.5. The van der Waals surface area contributed by atoms with Crippen LogP contribution in [0.1, 0.15) is 11.3 Å². The van der Waals surface area contributed by atoms with Crippen molar-refractivity contribution in [1.29, 1.82) is 0 Å². The molecule has 0 saturated heterocycles. The molecule has 0 aliphatic heterocycles. The number of pyridine rings is 1. The number of fused-ring (bicyclic) bond motifs is 1. The Hall–Kier alpha value is -3.47. The van der Waals surface area contributed by atoms with Crippen LogP contribution in [0.2, 0.25) is 0 Å². The normalized spacial score (nSPS) is 10.9. The van der Waals surface area contributed by atoms with E-state index in [1.165, 1.54) is 12.7 Å². The van der Waals surface area contributed by atoms with E-state index in [1.807, 2.05) is 30.3 Å². The molecule has 0 bridgehead atoms. The largest absolute Gasteiger partial charge is 0.504 e. The van der Waals surface area contributed by atoms with Gasteiger partial charge in [-0.15, -0.1) is 0 Å². The van der Waals surface area contributed by atoms with Crippen molar-refractivity contribution in [3.63, 3.8) is 0 Å². The monoisotopic (exact) mass is 359 g/mol. The standard InChI is InChI=1S/C22H21N3O2/c1-14-7-10-17(11-8-14)23-22-21(16-9-12-18(26)19(13-16)27-3)24-20-6-4-5-15(2)25(20)22/h4-13,23,26H,1-3H3. The first kappa shape index (κ1) is 17.0. The van der Waals surface area contributed by atoms with Crippen molar-refractivity contribution in [2.24, 2.45) is 0 Å². The third kappa shape index (κ3) is 3.08. The van der Waals surface area contributed by atoms with Gasteiger partial charge < -0.3 is 15.2 Å². The lowest BCUT2D eigenvalue weighted by Gasteiger charge is -2.12. The van der Waals surface area contributed by atoms with E-state index in [1.54, 1.807) is 12.1 Å². The summed E-state index contributed by atoms with van der Waals surface area (Å²) in [6, 6.07) is 19.5. The molecule has 0 saturated carbocycles. The van der Waals surface area contributed by atoms with Crippen LogP contribution in [0.25, 0.3) is 16.9 Å². The fourth-order valence-electron chi connectivity index (χ4n) is 3.17. The van der Waals surface area contributed by atoms with Gasteiger partial charge in [0.1, 0.15) is 17.2 Å². The Morgan fingerprint density at radius 1 is 1.00 bits per heavy atom. The highest BCUT2D eigenvalue weighted by molar-refractivity contribution is 5.81. The van der Waals surface area contributed by atoms with Crippen molar-refractivity contribution in [2.45, 2.75) is 13.8 Å². The maximum absolute atomic E-state index is 9.93. The minimum Gasteiger partial charge on any atom is -0.504 e. The molecule has 0 radical (unpaired) electrons. The predicted molar refractivity (Wildman–Crippen MR) is 108 cm³/mol. The van der Waals surface area contributed by atoms with Crippen LogP contribution in [0, 0.1) is 13.8 Å². The third-order valence-electron chi connectivity index (χ3n) is 4.61. The Kier molecular flexibility index (Phi) is 4.20. The van der Waals surface area contributed by atoms with Crippen LogP contribution in [0.15, 0.2) is 60.7 Å². The Labute approximate surface area is 157 Å². The number of hydrogen-bond donors (Lipinski definition) is 2. The number of benzene rings is 2. The van der Waals surface area contributed by atoms with Gasteiger partial charge in [0.2, 0.25) is 0 Å². The van der Waals surface area contributed by atoms with Crippen LogP contribution in [0.3, 0.4) is 0 Å². The lowest BCUT2D eigenvalue weighted by molar-refractivity contribution is 0.373. The fourth-order valence-corrected chi connectivity index (χ4v) is 3.17. The van der Waals surface area contributed by atoms with E-state index < -0.39 is 0 Å². The molecule has 0 atom stereocenters. The molecule has 0 amide bonds. The zero-order chi connectivity index (χ0) is 19.0. The van der Waals surface area contributed by atoms with Gasteiger partial charge in [-0.05, 0) is 56.3 Å². The van der Waals surface area contributed by atoms with E-state index in [9.17, 15) is 5.11 Å². The molecular formula is C22H21N3O2. The van der Waals surface area contributed by atoms with E-state index in [4.69, 9.17) is 9.72 Å². The molecule has 0 aliphatic rings. The Balaban J connectivity index is 1.92. The van der Waals surface area contributed by atoms with Gasteiger partial charge >= 0.3 is 0 Å². The molecule has 0 fully saturated rings. The smallest absolute Gasteiger partial charge is 0.161 e. The Bertz CT molecular complexity index is 1110. The topological polar surface area (TPSA) is 58.8 Å². The SMILES string of the molecule is COc1cc(-c2nc3cccc(C)n3c2Nc2ccc(C)cc2)ccc1O. The number of aryl methyl sites for hydroxylation is 2. The number of phenolic OH excluding ortho intramolecular Hbond substituents is 1. The van der Waals surface area contributed by atoms with Crippen molar-refractivity contribution >= 4 is 17.2 Å². The number of imidazole rings is 1. The molecule has 5 heteroatoms. The van der Waals surface area contributed by atoms with Gasteiger partial charge in [0.05, 0.1) is 7.11 Å². The summed E-state index contributed by atoms with van der Waals surface area (Å²) < 4.78 is 7.36. The van der Waals surface area contributed by atoms with Crippen LogP contribution < -0.4 is 10.1 Å². The zero-order valence-corrected chi connectivity index (χ0v) is 15.5. The summed E-state index contributed by atoms with van der Waals surface area (Å²) in [5.41, 5.74) is 5.78. The van der Waals surface area contributed by atoms with Gasteiger partial charge in [-0.1, -0.05) is 23.8 Å². The minimum absolute atomic E-state index is 0.106. The van der Waals surface area contributed by atoms with Gasteiger partial charge in [0.25, 0.3) is 0 Å². The second-order valence-electron chi connectivity index (χ2n) is 6.55. The van der Waals surface area contributed by atoms with Gasteiger partial charge in [-0.25, -0.2) is 4.98 Å². The molecule has 2 heterocycles. The van der Waals surface area contributed by atoms with Crippen molar-refractivity contribution in [3.8, 4) is 22.8 Å². The van der Waals surface area contributed by atoms with Gasteiger partial charge in [-0.2, -0.15) is 0 Å². The maximum Gasteiger partial charge on any atom is 0.161 e. The van der Waals surface area contributed by atoms with Crippen LogP contribution >= 0.6 is 0 Å². The van der Waals surface area contributed by atoms with Gasteiger partial charge in [-0.3, -0.25) is 4.40 Å². The molecule has 27 heavy (non-hydrogen) atoms. The molecule has 0 aliphatic carbocycles. The lowest BCUT2D eigenvalue weighted by Crippen LogP contribution is -1.99. The highest BCUT2D eigenvalue weighted by atomic mass is 16.5. The number of methoxy groups -OCH3 is 1. The second-order valence-corrected chi connectivity index (χ2v) is 6.55. The molecule has 5 nitrogen and oxygen atoms in total. The number of nitrogens with one attached hydrogen (secondary N) is 1. The molecule has 136 valence electrons. The van der Waals surface area contributed by atoms with E-state index in [-0.39, 0.29) is 5.75 Å². The molecule has 0 unspecified atom stereocenters. The maximum atomic E-state index is 9.93. The Morgan fingerprint density at radius 3 is 2.52 bits per heavy atom.